The molecule has 0 amide bonds. The fraction of sp³-hybridized carbons (Fsp3) is 0.333. The SMILES string of the molecule is O=C1C=C(N2CC2)C(=O)C(N2CC2)=C1N1CC1.[B]c1cc(F)c(F)c(F)c1F. The molecule has 3 heterocycles. The lowest BCUT2D eigenvalue weighted by atomic mass is 9.95. The van der Waals surface area contributed by atoms with Gasteiger partial charge in [-0.25, -0.2) is 17.6 Å². The van der Waals surface area contributed by atoms with Crippen molar-refractivity contribution >= 4 is 24.9 Å². The molecule has 0 aromatic heterocycles. The van der Waals surface area contributed by atoms with E-state index in [1.165, 1.54) is 6.08 Å². The zero-order valence-corrected chi connectivity index (χ0v) is 14.6. The molecule has 28 heavy (non-hydrogen) atoms. The maximum atomic E-state index is 12.4. The lowest BCUT2D eigenvalue weighted by molar-refractivity contribution is -0.117. The molecule has 0 unspecified atom stereocenters. The van der Waals surface area contributed by atoms with Crippen LogP contribution >= 0.6 is 0 Å². The Morgan fingerprint density at radius 1 is 0.750 bits per heavy atom. The summed E-state index contributed by atoms with van der Waals surface area (Å²) >= 11 is 0. The van der Waals surface area contributed by atoms with Gasteiger partial charge < -0.3 is 14.7 Å². The fourth-order valence-corrected chi connectivity index (χ4v) is 2.87. The predicted octanol–water partition coefficient (Wildman–Crippen LogP) is 0.217. The third-order valence-corrected chi connectivity index (χ3v) is 4.62. The van der Waals surface area contributed by atoms with Gasteiger partial charge in [-0.15, -0.1) is 0 Å². The molecule has 5 nitrogen and oxygen atoms in total. The number of hydrogen-bond donors (Lipinski definition) is 0. The molecule has 3 aliphatic heterocycles. The number of carbonyl (C=O) groups excluding carboxylic acids is 2. The van der Waals surface area contributed by atoms with Gasteiger partial charge in [0.25, 0.3) is 0 Å². The molecule has 10 heteroatoms. The Bertz CT molecular complexity index is 924. The Hall–Kier alpha value is -2.78. The number of halogens is 4. The van der Waals surface area contributed by atoms with Crippen LogP contribution in [-0.4, -0.2) is 73.4 Å². The number of hydrogen-bond acceptors (Lipinski definition) is 5. The summed E-state index contributed by atoms with van der Waals surface area (Å²) in [6.07, 6.45) is 1.52. The van der Waals surface area contributed by atoms with E-state index < -0.39 is 28.7 Å². The van der Waals surface area contributed by atoms with Crippen LogP contribution in [0.5, 0.6) is 0 Å². The molecule has 1 aromatic carbocycles. The Morgan fingerprint density at radius 3 is 1.82 bits per heavy atom. The Kier molecular flexibility index (Phi) is 4.43. The van der Waals surface area contributed by atoms with Crippen molar-refractivity contribution in [1.29, 1.82) is 0 Å². The van der Waals surface area contributed by atoms with E-state index in [0.717, 1.165) is 39.3 Å². The van der Waals surface area contributed by atoms with E-state index in [1.807, 2.05) is 14.7 Å². The summed E-state index contributed by atoms with van der Waals surface area (Å²) in [4.78, 5) is 30.5. The summed E-state index contributed by atoms with van der Waals surface area (Å²) in [6, 6.07) is 0.383. The van der Waals surface area contributed by atoms with Crippen LogP contribution in [0.25, 0.3) is 0 Å². The number of Topliss-reactive ketones (excluding diaryl/α,β-unsaturated/α-hetero) is 1. The van der Waals surface area contributed by atoms with Crippen molar-refractivity contribution < 1.29 is 27.2 Å². The number of benzene rings is 1. The second-order valence-corrected chi connectivity index (χ2v) is 6.77. The van der Waals surface area contributed by atoms with Gasteiger partial charge in [0.05, 0.1) is 5.70 Å². The highest BCUT2D eigenvalue weighted by Gasteiger charge is 2.43. The minimum Gasteiger partial charge on any atom is -0.365 e. The summed E-state index contributed by atoms with van der Waals surface area (Å²) in [5, 5.41) is 0. The molecule has 144 valence electrons. The summed E-state index contributed by atoms with van der Waals surface area (Å²) < 4.78 is 48.7. The number of carbonyl (C=O) groups is 2. The molecule has 0 bridgehead atoms. The minimum atomic E-state index is -1.89. The normalized spacial score (nSPS) is 20.1. The first-order valence-electron chi connectivity index (χ1n) is 8.68. The molecule has 3 fully saturated rings. The van der Waals surface area contributed by atoms with Crippen LogP contribution in [0.2, 0.25) is 0 Å². The van der Waals surface area contributed by atoms with E-state index >= 15 is 0 Å². The van der Waals surface area contributed by atoms with Crippen molar-refractivity contribution in [3.05, 3.63) is 52.5 Å². The number of allylic oxidation sites excluding steroid dienone is 1. The van der Waals surface area contributed by atoms with Gasteiger partial charge in [0.15, 0.2) is 23.3 Å². The molecular formula is C18H14BF4N3O2. The predicted molar refractivity (Wildman–Crippen MR) is 91.5 cm³/mol. The van der Waals surface area contributed by atoms with Crippen molar-refractivity contribution in [2.24, 2.45) is 0 Å². The number of ketones is 2. The van der Waals surface area contributed by atoms with Crippen LogP contribution in [0.4, 0.5) is 17.6 Å². The zero-order valence-electron chi connectivity index (χ0n) is 14.6. The van der Waals surface area contributed by atoms with E-state index in [4.69, 9.17) is 7.85 Å². The van der Waals surface area contributed by atoms with Crippen LogP contribution in [0.3, 0.4) is 0 Å². The van der Waals surface area contributed by atoms with Crippen LogP contribution in [0.1, 0.15) is 0 Å². The monoisotopic (exact) mass is 391 g/mol. The largest absolute Gasteiger partial charge is 0.365 e. The highest BCUT2D eigenvalue weighted by molar-refractivity contribution is 6.32. The molecule has 0 spiro atoms. The first-order valence-corrected chi connectivity index (χ1v) is 8.68. The van der Waals surface area contributed by atoms with Gasteiger partial charge in [-0.1, -0.05) is 5.46 Å². The Balaban J connectivity index is 0.000000153. The van der Waals surface area contributed by atoms with E-state index in [9.17, 15) is 27.2 Å². The van der Waals surface area contributed by atoms with E-state index in [1.54, 1.807) is 0 Å². The quantitative estimate of drug-likeness (QED) is 0.184. The molecule has 5 rings (SSSR count). The number of rotatable bonds is 3. The first kappa shape index (κ1) is 18.6. The highest BCUT2D eigenvalue weighted by atomic mass is 19.2. The lowest BCUT2D eigenvalue weighted by Gasteiger charge is -2.21. The summed E-state index contributed by atoms with van der Waals surface area (Å²) in [6.45, 7) is 5.41. The van der Waals surface area contributed by atoms with Gasteiger partial charge in [-0.2, -0.15) is 0 Å². The summed E-state index contributed by atoms with van der Waals surface area (Å²) in [5.74, 6) is -6.75. The van der Waals surface area contributed by atoms with Crippen molar-refractivity contribution in [2.75, 3.05) is 39.3 Å². The smallest absolute Gasteiger partial charge is 0.227 e. The van der Waals surface area contributed by atoms with E-state index in [0.29, 0.717) is 23.2 Å². The zero-order chi connectivity index (χ0) is 20.2. The van der Waals surface area contributed by atoms with Gasteiger partial charge in [-0.3, -0.25) is 9.59 Å². The van der Waals surface area contributed by atoms with Gasteiger partial charge in [0.2, 0.25) is 11.6 Å². The van der Waals surface area contributed by atoms with Gasteiger partial charge in [0.1, 0.15) is 19.2 Å². The van der Waals surface area contributed by atoms with E-state index in [-0.39, 0.29) is 11.6 Å². The van der Waals surface area contributed by atoms with Crippen molar-refractivity contribution in [1.82, 2.24) is 14.7 Å². The van der Waals surface area contributed by atoms with E-state index in [2.05, 4.69) is 0 Å². The van der Waals surface area contributed by atoms with Crippen LogP contribution < -0.4 is 5.46 Å². The fourth-order valence-electron chi connectivity index (χ4n) is 2.87. The van der Waals surface area contributed by atoms with Gasteiger partial charge in [0, 0.05) is 45.3 Å². The first-order chi connectivity index (χ1) is 13.3. The Morgan fingerprint density at radius 2 is 1.29 bits per heavy atom. The molecule has 0 saturated carbocycles. The molecule has 0 atom stereocenters. The van der Waals surface area contributed by atoms with Crippen LogP contribution in [-0.2, 0) is 9.59 Å². The molecule has 1 aromatic rings. The Labute approximate surface area is 159 Å². The molecule has 3 saturated heterocycles. The van der Waals surface area contributed by atoms with Crippen molar-refractivity contribution in [2.45, 2.75) is 0 Å². The second kappa shape index (κ2) is 6.68. The molecule has 4 aliphatic rings. The maximum Gasteiger partial charge on any atom is 0.227 e. The molecular weight excluding hydrogens is 377 g/mol. The summed E-state index contributed by atoms with van der Waals surface area (Å²) in [7, 11) is 4.77. The van der Waals surface area contributed by atoms with Crippen LogP contribution in [0, 0.1) is 23.3 Å². The molecule has 0 N–H and O–H groups in total. The van der Waals surface area contributed by atoms with Gasteiger partial charge in [-0.05, 0) is 6.07 Å². The summed E-state index contributed by atoms with van der Waals surface area (Å²) in [5.41, 5.74) is 1.14. The maximum absolute atomic E-state index is 12.4. The third kappa shape index (κ3) is 3.38. The highest BCUT2D eigenvalue weighted by Crippen LogP contribution is 2.33. The third-order valence-electron chi connectivity index (χ3n) is 4.62. The van der Waals surface area contributed by atoms with Crippen molar-refractivity contribution in [3.63, 3.8) is 0 Å². The van der Waals surface area contributed by atoms with Gasteiger partial charge >= 0.3 is 0 Å². The van der Waals surface area contributed by atoms with Crippen LogP contribution in [0.15, 0.2) is 29.2 Å². The molecule has 2 radical (unpaired) electrons. The topological polar surface area (TPSA) is 43.2 Å². The molecule has 1 aliphatic carbocycles. The second-order valence-electron chi connectivity index (χ2n) is 6.77. The standard InChI is InChI=1S/C12H13N3O2.C6HBF4/c16-9-7-8(13-1-2-13)12(17)11(15-5-6-15)10(9)14-3-4-14;7-2-1-3(8)5(10)6(11)4(2)9/h7H,1-6H2;1H. The van der Waals surface area contributed by atoms with Crippen molar-refractivity contribution in [3.8, 4) is 0 Å². The average molecular weight is 391 g/mol. The lowest BCUT2D eigenvalue weighted by Crippen LogP contribution is -2.29. The average Bonchev–Trinajstić information content (AvgIpc) is 3.48. The number of nitrogens with zero attached hydrogens (tertiary/aromatic N) is 3. The minimum absolute atomic E-state index is 0.00546.